The van der Waals surface area contributed by atoms with Crippen molar-refractivity contribution in [3.05, 3.63) is 114 Å². The van der Waals surface area contributed by atoms with Crippen molar-refractivity contribution in [3.8, 4) is 5.69 Å². The summed E-state index contributed by atoms with van der Waals surface area (Å²) in [7, 11) is 0. The molecule has 0 saturated carbocycles. The van der Waals surface area contributed by atoms with Gasteiger partial charge in [-0.05, 0) is 57.1 Å². The van der Waals surface area contributed by atoms with Crippen LogP contribution in [0.3, 0.4) is 0 Å². The molecule has 8 rings (SSSR count). The lowest BCUT2D eigenvalue weighted by atomic mass is 9.48. The predicted octanol–water partition coefficient (Wildman–Crippen LogP) is 8.45. The third-order valence-corrected chi connectivity index (χ3v) is 9.29. The van der Waals surface area contributed by atoms with Gasteiger partial charge in [-0.3, -0.25) is 0 Å². The minimum absolute atomic E-state index is 0.0529. The zero-order chi connectivity index (χ0) is 28.3. The second-order valence-electron chi connectivity index (χ2n) is 13.9. The molecule has 3 heterocycles. The third-order valence-electron chi connectivity index (χ3n) is 9.29. The van der Waals surface area contributed by atoms with Gasteiger partial charge in [0.25, 0.3) is 0 Å². The largest absolute Gasteiger partial charge is 0.376 e. The first-order valence-electron chi connectivity index (χ1n) is 14.8. The van der Waals surface area contributed by atoms with Crippen molar-refractivity contribution in [2.75, 3.05) is 0 Å². The van der Waals surface area contributed by atoms with Crippen LogP contribution in [0.25, 0.3) is 49.3 Å². The first kappa shape index (κ1) is 24.6. The molecule has 2 nitrogen and oxygen atoms in total. The fraction of sp³-hybridized carbons (Fsp3) is 0.211. The molecule has 0 radical (unpaired) electrons. The molecule has 1 aliphatic heterocycles. The van der Waals surface area contributed by atoms with E-state index in [0.717, 1.165) is 0 Å². The van der Waals surface area contributed by atoms with Gasteiger partial charge in [0.1, 0.15) is 0 Å². The van der Waals surface area contributed by atoms with Crippen molar-refractivity contribution >= 4 is 61.4 Å². The topological polar surface area (TPSA) is 9.86 Å². The smallest absolute Gasteiger partial charge is 0.332 e. The molecule has 7 aromatic rings. The van der Waals surface area contributed by atoms with E-state index in [-0.39, 0.29) is 17.7 Å². The molecule has 3 heteroatoms. The number of para-hydroxylation sites is 3. The highest BCUT2D eigenvalue weighted by molar-refractivity contribution is 6.88. The summed E-state index contributed by atoms with van der Waals surface area (Å²) in [5.41, 5.74) is 12.0. The molecule has 0 amide bonds. The second-order valence-corrected chi connectivity index (χ2v) is 13.9. The molecule has 0 aliphatic carbocycles. The highest BCUT2D eigenvalue weighted by Crippen LogP contribution is 2.38. The van der Waals surface area contributed by atoms with Crippen LogP contribution in [0.5, 0.6) is 0 Å². The molecule has 0 unspecified atom stereocenters. The van der Waals surface area contributed by atoms with Crippen LogP contribution >= 0.6 is 0 Å². The number of fused-ring (bicyclic) bond motifs is 8. The van der Waals surface area contributed by atoms with Crippen LogP contribution < -0.4 is 10.9 Å². The lowest BCUT2D eigenvalue weighted by Gasteiger charge is -2.29. The van der Waals surface area contributed by atoms with Crippen molar-refractivity contribution in [1.29, 1.82) is 0 Å². The minimum atomic E-state index is 0.0529. The van der Waals surface area contributed by atoms with Gasteiger partial charge in [0.15, 0.2) is 0 Å². The van der Waals surface area contributed by atoms with Crippen molar-refractivity contribution in [2.45, 2.75) is 52.4 Å². The zero-order valence-electron chi connectivity index (χ0n) is 24.8. The minimum Gasteiger partial charge on any atom is -0.376 e. The summed E-state index contributed by atoms with van der Waals surface area (Å²) < 4.78 is 5.16. The van der Waals surface area contributed by atoms with Crippen LogP contribution in [0.15, 0.2) is 103 Å². The number of benzene rings is 5. The standard InChI is InChI=1S/C38H35BN2/c1-37(2,3)24-18-20-27-28-21-19-25(38(4,5)6)23-35(28)41(34(27)22-24)39-30-14-8-10-17-33(30)40-32-16-9-7-12-26(32)29-13-11-15-31(39)36(29)40/h7-23H,1-6H3. The van der Waals surface area contributed by atoms with E-state index >= 15 is 0 Å². The molecule has 2 aromatic heterocycles. The summed E-state index contributed by atoms with van der Waals surface area (Å²) in [4.78, 5) is 0. The average molecular weight is 531 g/mol. The molecule has 0 fully saturated rings. The summed E-state index contributed by atoms with van der Waals surface area (Å²) in [6.45, 7) is 13.9. The maximum atomic E-state index is 2.66. The lowest BCUT2D eigenvalue weighted by molar-refractivity contribution is 0.591. The van der Waals surface area contributed by atoms with Gasteiger partial charge < -0.3 is 9.05 Å². The van der Waals surface area contributed by atoms with Gasteiger partial charge in [-0.2, -0.15) is 0 Å². The highest BCUT2D eigenvalue weighted by atomic mass is 15.0. The van der Waals surface area contributed by atoms with E-state index in [1.807, 2.05) is 0 Å². The van der Waals surface area contributed by atoms with E-state index in [2.05, 4.69) is 154 Å². The van der Waals surface area contributed by atoms with E-state index in [9.17, 15) is 0 Å². The predicted molar refractivity (Wildman–Crippen MR) is 178 cm³/mol. The van der Waals surface area contributed by atoms with Gasteiger partial charge in [0.2, 0.25) is 0 Å². The van der Waals surface area contributed by atoms with Crippen molar-refractivity contribution in [1.82, 2.24) is 9.05 Å². The number of hydrogen-bond acceptors (Lipinski definition) is 0. The fourth-order valence-electron chi connectivity index (χ4n) is 7.14. The van der Waals surface area contributed by atoms with Crippen LogP contribution in [0.4, 0.5) is 0 Å². The Labute approximate surface area is 242 Å². The molecular weight excluding hydrogens is 495 g/mol. The van der Waals surface area contributed by atoms with Gasteiger partial charge in [-0.1, -0.05) is 120 Å². The third kappa shape index (κ3) is 3.38. The molecule has 0 bridgehead atoms. The molecule has 200 valence electrons. The van der Waals surface area contributed by atoms with E-state index in [0.29, 0.717) is 0 Å². The van der Waals surface area contributed by atoms with Crippen LogP contribution in [-0.2, 0) is 10.8 Å². The van der Waals surface area contributed by atoms with Gasteiger partial charge in [-0.15, -0.1) is 0 Å². The van der Waals surface area contributed by atoms with E-state index in [4.69, 9.17) is 0 Å². The van der Waals surface area contributed by atoms with Crippen LogP contribution in [0.1, 0.15) is 52.7 Å². The number of aromatic nitrogens is 2. The number of hydrogen-bond donors (Lipinski definition) is 0. The van der Waals surface area contributed by atoms with Gasteiger partial charge >= 0.3 is 6.85 Å². The van der Waals surface area contributed by atoms with E-state index in [1.54, 1.807) is 0 Å². The Hall–Kier alpha value is -4.24. The molecule has 0 spiro atoms. The lowest BCUT2D eigenvalue weighted by Crippen LogP contribution is -2.53. The Morgan fingerprint density at radius 2 is 1.02 bits per heavy atom. The summed E-state index contributed by atoms with van der Waals surface area (Å²) in [6.07, 6.45) is 0. The van der Waals surface area contributed by atoms with E-state index in [1.165, 1.54) is 71.4 Å². The Bertz CT molecular complexity index is 2110. The second kappa shape index (κ2) is 8.16. The Balaban J connectivity index is 1.57. The molecule has 1 aliphatic rings. The molecule has 5 aromatic carbocycles. The first-order valence-corrected chi connectivity index (χ1v) is 14.8. The molecule has 0 saturated heterocycles. The Kier molecular flexibility index (Phi) is 4.89. The van der Waals surface area contributed by atoms with Crippen molar-refractivity contribution in [3.63, 3.8) is 0 Å². The van der Waals surface area contributed by atoms with Crippen LogP contribution in [-0.4, -0.2) is 15.9 Å². The number of rotatable bonds is 1. The van der Waals surface area contributed by atoms with Crippen molar-refractivity contribution in [2.24, 2.45) is 0 Å². The van der Waals surface area contributed by atoms with Gasteiger partial charge in [0, 0.05) is 38.3 Å². The summed E-state index contributed by atoms with van der Waals surface area (Å²) in [5.74, 6) is 0. The zero-order valence-corrected chi connectivity index (χ0v) is 24.8. The molecule has 41 heavy (non-hydrogen) atoms. The van der Waals surface area contributed by atoms with Gasteiger partial charge in [0.05, 0.1) is 11.0 Å². The summed E-state index contributed by atoms with van der Waals surface area (Å²) >= 11 is 0. The van der Waals surface area contributed by atoms with E-state index < -0.39 is 0 Å². The summed E-state index contributed by atoms with van der Waals surface area (Å²) in [5, 5.41) is 5.28. The highest BCUT2D eigenvalue weighted by Gasteiger charge is 2.36. The first-order chi connectivity index (χ1) is 19.6. The van der Waals surface area contributed by atoms with Crippen LogP contribution in [0, 0.1) is 0 Å². The Morgan fingerprint density at radius 1 is 0.488 bits per heavy atom. The average Bonchev–Trinajstić information content (AvgIpc) is 3.46. The molecule has 0 N–H and O–H groups in total. The van der Waals surface area contributed by atoms with Crippen molar-refractivity contribution < 1.29 is 0 Å². The van der Waals surface area contributed by atoms with Gasteiger partial charge in [-0.25, -0.2) is 0 Å². The quantitative estimate of drug-likeness (QED) is 0.189. The fourth-order valence-corrected chi connectivity index (χ4v) is 7.14. The molecule has 0 atom stereocenters. The SMILES string of the molecule is CC(C)(C)c1ccc2c3ccc(C(C)(C)C)cc3n(B3c4ccccc4-n4c5ccccc5c5cccc3c54)c2c1. The maximum Gasteiger partial charge on any atom is 0.332 e. The number of nitrogens with zero attached hydrogens (tertiary/aromatic N) is 2. The maximum absolute atomic E-state index is 2.66. The molecular formula is C38H35BN2. The normalized spacial score (nSPS) is 13.6. The van der Waals surface area contributed by atoms with Crippen LogP contribution in [0.2, 0.25) is 0 Å². The summed E-state index contributed by atoms with van der Waals surface area (Å²) in [6, 6.07) is 39.1. The Morgan fingerprint density at radius 3 is 1.68 bits per heavy atom. The monoisotopic (exact) mass is 530 g/mol.